The molecule has 5 heteroatoms. The first-order valence-electron chi connectivity index (χ1n) is 5.88. The minimum atomic E-state index is 0.489. The molecule has 19 heavy (non-hydrogen) atoms. The molecule has 1 aromatic heterocycles. The lowest BCUT2D eigenvalue weighted by Gasteiger charge is -2.12. The summed E-state index contributed by atoms with van der Waals surface area (Å²) in [7, 11) is 1.77. The Kier molecular flexibility index (Phi) is 4.17. The van der Waals surface area contributed by atoms with E-state index < -0.39 is 0 Å². The van der Waals surface area contributed by atoms with E-state index in [1.54, 1.807) is 13.1 Å². The number of nitrogens with zero attached hydrogens (tertiary/aromatic N) is 1. The van der Waals surface area contributed by atoms with Crippen LogP contribution in [-0.2, 0) is 0 Å². The van der Waals surface area contributed by atoms with E-state index in [0.29, 0.717) is 21.7 Å². The third kappa shape index (κ3) is 3.31. The van der Waals surface area contributed by atoms with Crippen molar-refractivity contribution in [3.05, 3.63) is 45.4 Å². The maximum Gasteiger partial charge on any atom is 0.151 e. The van der Waals surface area contributed by atoms with Crippen LogP contribution in [-0.4, -0.2) is 12.0 Å². The SMILES string of the molecule is CNc1nc(Nc2cc(C)cc(C)c2)c(Cl)cc1Cl. The average Bonchev–Trinajstić information content (AvgIpc) is 2.31. The molecule has 2 N–H and O–H groups in total. The predicted molar refractivity (Wildman–Crippen MR) is 83.0 cm³/mol. The smallest absolute Gasteiger partial charge is 0.151 e. The molecule has 2 aromatic rings. The van der Waals surface area contributed by atoms with Crippen molar-refractivity contribution in [3.63, 3.8) is 0 Å². The second-order valence-electron chi connectivity index (χ2n) is 4.40. The van der Waals surface area contributed by atoms with Crippen molar-refractivity contribution in [2.75, 3.05) is 17.7 Å². The highest BCUT2D eigenvalue weighted by Gasteiger charge is 2.09. The van der Waals surface area contributed by atoms with Gasteiger partial charge in [-0.25, -0.2) is 4.98 Å². The topological polar surface area (TPSA) is 37.0 Å². The van der Waals surface area contributed by atoms with Gasteiger partial charge in [0, 0.05) is 12.7 Å². The Hall–Kier alpha value is -1.45. The van der Waals surface area contributed by atoms with Crippen molar-refractivity contribution >= 4 is 40.5 Å². The Morgan fingerprint density at radius 1 is 0.895 bits per heavy atom. The van der Waals surface area contributed by atoms with Crippen LogP contribution in [0.3, 0.4) is 0 Å². The lowest BCUT2D eigenvalue weighted by molar-refractivity contribution is 1.27. The lowest BCUT2D eigenvalue weighted by Crippen LogP contribution is -2.00. The van der Waals surface area contributed by atoms with Gasteiger partial charge in [-0.05, 0) is 43.2 Å². The number of anilines is 3. The number of hydrogen-bond donors (Lipinski definition) is 2. The Bertz CT molecular complexity index is 592. The molecule has 0 amide bonds. The van der Waals surface area contributed by atoms with E-state index in [1.807, 2.05) is 26.0 Å². The van der Waals surface area contributed by atoms with E-state index in [4.69, 9.17) is 23.2 Å². The zero-order valence-electron chi connectivity index (χ0n) is 11.0. The third-order valence-electron chi connectivity index (χ3n) is 2.65. The van der Waals surface area contributed by atoms with Crippen molar-refractivity contribution in [1.82, 2.24) is 4.98 Å². The van der Waals surface area contributed by atoms with Crippen LogP contribution in [0.5, 0.6) is 0 Å². The van der Waals surface area contributed by atoms with Gasteiger partial charge < -0.3 is 10.6 Å². The summed E-state index contributed by atoms with van der Waals surface area (Å²) >= 11 is 12.2. The molecule has 0 bridgehead atoms. The maximum absolute atomic E-state index is 6.15. The van der Waals surface area contributed by atoms with Gasteiger partial charge in [0.2, 0.25) is 0 Å². The molecule has 100 valence electrons. The summed E-state index contributed by atoms with van der Waals surface area (Å²) in [6, 6.07) is 7.87. The molecule has 0 radical (unpaired) electrons. The van der Waals surface area contributed by atoms with Crippen LogP contribution >= 0.6 is 23.2 Å². The number of aromatic nitrogens is 1. The zero-order chi connectivity index (χ0) is 14.0. The number of aryl methyl sites for hydroxylation is 2. The molecular formula is C14H15Cl2N3. The first kappa shape index (κ1) is 14.0. The van der Waals surface area contributed by atoms with Crippen LogP contribution in [0.25, 0.3) is 0 Å². The molecular weight excluding hydrogens is 281 g/mol. The van der Waals surface area contributed by atoms with Crippen molar-refractivity contribution < 1.29 is 0 Å². The van der Waals surface area contributed by atoms with Gasteiger partial charge in [-0.2, -0.15) is 0 Å². The zero-order valence-corrected chi connectivity index (χ0v) is 12.5. The highest BCUT2D eigenvalue weighted by molar-refractivity contribution is 6.37. The summed E-state index contributed by atoms with van der Waals surface area (Å²) < 4.78 is 0. The van der Waals surface area contributed by atoms with E-state index >= 15 is 0 Å². The lowest BCUT2D eigenvalue weighted by atomic mass is 10.1. The third-order valence-corrected chi connectivity index (χ3v) is 3.23. The minimum absolute atomic E-state index is 0.489. The van der Waals surface area contributed by atoms with E-state index in [1.165, 1.54) is 11.1 Å². The number of rotatable bonds is 3. The van der Waals surface area contributed by atoms with Crippen LogP contribution in [0.1, 0.15) is 11.1 Å². The number of hydrogen-bond acceptors (Lipinski definition) is 3. The second kappa shape index (κ2) is 5.68. The van der Waals surface area contributed by atoms with Gasteiger partial charge in [0.1, 0.15) is 5.82 Å². The fraction of sp³-hybridized carbons (Fsp3) is 0.214. The molecule has 1 aromatic carbocycles. The molecule has 2 rings (SSSR count). The molecule has 0 saturated carbocycles. The summed E-state index contributed by atoms with van der Waals surface area (Å²) in [5, 5.41) is 7.13. The van der Waals surface area contributed by atoms with Gasteiger partial charge in [0.15, 0.2) is 5.82 Å². The highest BCUT2D eigenvalue weighted by atomic mass is 35.5. The van der Waals surface area contributed by atoms with Crippen molar-refractivity contribution in [2.24, 2.45) is 0 Å². The molecule has 0 unspecified atom stereocenters. The summed E-state index contributed by atoms with van der Waals surface area (Å²) in [4.78, 5) is 4.36. The number of benzene rings is 1. The summed E-state index contributed by atoms with van der Waals surface area (Å²) in [6.07, 6.45) is 0. The fourth-order valence-electron chi connectivity index (χ4n) is 1.91. The van der Waals surface area contributed by atoms with E-state index in [-0.39, 0.29) is 0 Å². The number of nitrogens with one attached hydrogen (secondary N) is 2. The standard InChI is InChI=1S/C14H15Cl2N3/c1-8-4-9(2)6-10(5-8)18-14-12(16)7-11(15)13(17-3)19-14/h4-7H,1-3H3,(H2,17,18,19). The number of pyridine rings is 1. The Labute approximate surface area is 123 Å². The molecule has 3 nitrogen and oxygen atoms in total. The first-order valence-corrected chi connectivity index (χ1v) is 6.64. The van der Waals surface area contributed by atoms with Gasteiger partial charge >= 0.3 is 0 Å². The van der Waals surface area contributed by atoms with Crippen LogP contribution < -0.4 is 10.6 Å². The van der Waals surface area contributed by atoms with E-state index in [9.17, 15) is 0 Å². The Balaban J connectivity index is 2.37. The van der Waals surface area contributed by atoms with Gasteiger partial charge in [-0.1, -0.05) is 29.3 Å². The first-order chi connectivity index (χ1) is 8.99. The van der Waals surface area contributed by atoms with Crippen LogP contribution in [0.4, 0.5) is 17.3 Å². The number of halogens is 2. The fourth-order valence-corrected chi connectivity index (χ4v) is 2.41. The van der Waals surface area contributed by atoms with Crippen LogP contribution in [0.15, 0.2) is 24.3 Å². The maximum atomic E-state index is 6.15. The molecule has 0 spiro atoms. The van der Waals surface area contributed by atoms with Gasteiger partial charge in [0.05, 0.1) is 10.0 Å². The van der Waals surface area contributed by atoms with E-state index in [2.05, 4.69) is 21.7 Å². The molecule has 0 atom stereocenters. The molecule has 0 aliphatic heterocycles. The van der Waals surface area contributed by atoms with Crippen molar-refractivity contribution in [2.45, 2.75) is 13.8 Å². The van der Waals surface area contributed by atoms with E-state index in [0.717, 1.165) is 5.69 Å². The van der Waals surface area contributed by atoms with Gasteiger partial charge in [-0.3, -0.25) is 0 Å². The predicted octanol–water partition coefficient (Wildman–Crippen LogP) is 4.79. The summed E-state index contributed by atoms with van der Waals surface area (Å²) in [5.41, 5.74) is 3.32. The van der Waals surface area contributed by atoms with Crippen LogP contribution in [0.2, 0.25) is 10.0 Å². The molecule has 0 aliphatic carbocycles. The van der Waals surface area contributed by atoms with Gasteiger partial charge in [0.25, 0.3) is 0 Å². The largest absolute Gasteiger partial charge is 0.372 e. The molecule has 0 fully saturated rings. The van der Waals surface area contributed by atoms with Crippen LogP contribution in [0, 0.1) is 13.8 Å². The molecule has 0 saturated heterocycles. The van der Waals surface area contributed by atoms with Crippen molar-refractivity contribution in [1.29, 1.82) is 0 Å². The Morgan fingerprint density at radius 2 is 1.47 bits per heavy atom. The monoisotopic (exact) mass is 295 g/mol. The highest BCUT2D eigenvalue weighted by Crippen LogP contribution is 2.31. The average molecular weight is 296 g/mol. The molecule has 1 heterocycles. The normalized spacial score (nSPS) is 10.4. The quantitative estimate of drug-likeness (QED) is 0.855. The summed E-state index contributed by atoms with van der Waals surface area (Å²) in [5.74, 6) is 1.18. The molecule has 0 aliphatic rings. The van der Waals surface area contributed by atoms with Gasteiger partial charge in [-0.15, -0.1) is 0 Å². The second-order valence-corrected chi connectivity index (χ2v) is 5.22. The Morgan fingerprint density at radius 3 is 2.05 bits per heavy atom. The minimum Gasteiger partial charge on any atom is -0.372 e. The van der Waals surface area contributed by atoms with Crippen molar-refractivity contribution in [3.8, 4) is 0 Å². The summed E-state index contributed by atoms with van der Waals surface area (Å²) in [6.45, 7) is 4.10.